The fourth-order valence-corrected chi connectivity index (χ4v) is 4.00. The third kappa shape index (κ3) is 3.93. The van der Waals surface area contributed by atoms with Crippen LogP contribution in [-0.2, 0) is 0 Å². The summed E-state index contributed by atoms with van der Waals surface area (Å²) in [4.78, 5) is 19.1. The largest absolute Gasteiger partial charge is 0.435 e. The minimum absolute atomic E-state index is 0.0543. The predicted octanol–water partition coefficient (Wildman–Crippen LogP) is 4.92. The van der Waals surface area contributed by atoms with Crippen LogP contribution >= 0.6 is 11.3 Å². The summed E-state index contributed by atoms with van der Waals surface area (Å²) in [6.07, 6.45) is 2.84. The summed E-state index contributed by atoms with van der Waals surface area (Å²) in [5, 5.41) is 4.72. The van der Waals surface area contributed by atoms with Crippen LogP contribution in [-0.4, -0.2) is 22.5 Å². The summed E-state index contributed by atoms with van der Waals surface area (Å²) in [6, 6.07) is 15.6. The lowest BCUT2D eigenvalue weighted by molar-refractivity contribution is -0.0498. The number of rotatable bonds is 5. The lowest BCUT2D eigenvalue weighted by Gasteiger charge is -2.04. The Balaban J connectivity index is 1.71. The zero-order valence-corrected chi connectivity index (χ0v) is 16.1. The van der Waals surface area contributed by atoms with Gasteiger partial charge in [0.25, 0.3) is 5.56 Å². The number of fused-ring (bicyclic) bond motifs is 1. The number of benzene rings is 2. The van der Waals surface area contributed by atoms with Gasteiger partial charge in [0.05, 0.1) is 11.6 Å². The SMILES string of the molecule is Cc1sc2ncn(N=Cc3ccc(OC(F)F)cc3)c(=O)c2c1-c1ccccc1. The Morgan fingerprint density at radius 1 is 1.14 bits per heavy atom. The van der Waals surface area contributed by atoms with Crippen LogP contribution in [0.25, 0.3) is 21.3 Å². The van der Waals surface area contributed by atoms with Crippen LogP contribution in [0.4, 0.5) is 8.78 Å². The molecule has 0 atom stereocenters. The van der Waals surface area contributed by atoms with Gasteiger partial charge in [0.1, 0.15) is 16.9 Å². The highest BCUT2D eigenvalue weighted by atomic mass is 32.1. The molecule has 4 rings (SSSR count). The molecule has 0 aliphatic rings. The average molecular weight is 411 g/mol. The molecule has 29 heavy (non-hydrogen) atoms. The van der Waals surface area contributed by atoms with E-state index in [-0.39, 0.29) is 11.3 Å². The van der Waals surface area contributed by atoms with E-state index in [2.05, 4.69) is 14.8 Å². The lowest BCUT2D eigenvalue weighted by Crippen LogP contribution is -2.16. The first-order chi connectivity index (χ1) is 14.0. The molecule has 0 aliphatic heterocycles. The van der Waals surface area contributed by atoms with Crippen LogP contribution < -0.4 is 10.3 Å². The van der Waals surface area contributed by atoms with E-state index < -0.39 is 6.61 Å². The molecule has 146 valence electrons. The van der Waals surface area contributed by atoms with Crippen LogP contribution in [0.3, 0.4) is 0 Å². The van der Waals surface area contributed by atoms with Crippen molar-refractivity contribution in [1.29, 1.82) is 0 Å². The van der Waals surface area contributed by atoms with Crippen LogP contribution in [0.2, 0.25) is 0 Å². The number of ether oxygens (including phenoxy) is 1. The zero-order valence-electron chi connectivity index (χ0n) is 15.3. The average Bonchev–Trinajstić information content (AvgIpc) is 3.05. The highest BCUT2D eigenvalue weighted by Gasteiger charge is 2.16. The van der Waals surface area contributed by atoms with E-state index in [0.29, 0.717) is 15.8 Å². The van der Waals surface area contributed by atoms with Crippen molar-refractivity contribution < 1.29 is 13.5 Å². The van der Waals surface area contributed by atoms with Crippen molar-refractivity contribution in [3.05, 3.63) is 81.7 Å². The van der Waals surface area contributed by atoms with E-state index in [1.807, 2.05) is 37.3 Å². The maximum Gasteiger partial charge on any atom is 0.387 e. The molecule has 2 heterocycles. The van der Waals surface area contributed by atoms with Crippen molar-refractivity contribution in [2.75, 3.05) is 0 Å². The van der Waals surface area contributed by atoms with Gasteiger partial charge in [0.15, 0.2) is 0 Å². The number of alkyl halides is 2. The van der Waals surface area contributed by atoms with Gasteiger partial charge >= 0.3 is 6.61 Å². The van der Waals surface area contributed by atoms with Crippen molar-refractivity contribution in [2.24, 2.45) is 5.10 Å². The quantitative estimate of drug-likeness (QED) is 0.438. The highest BCUT2D eigenvalue weighted by Crippen LogP contribution is 2.35. The van der Waals surface area contributed by atoms with Crippen molar-refractivity contribution in [1.82, 2.24) is 9.66 Å². The van der Waals surface area contributed by atoms with Crippen molar-refractivity contribution in [3.8, 4) is 16.9 Å². The van der Waals surface area contributed by atoms with E-state index in [0.717, 1.165) is 16.0 Å². The van der Waals surface area contributed by atoms with Gasteiger partial charge in [-0.3, -0.25) is 4.79 Å². The Bertz CT molecular complexity index is 1230. The van der Waals surface area contributed by atoms with Crippen molar-refractivity contribution >= 4 is 27.8 Å². The Morgan fingerprint density at radius 3 is 2.55 bits per heavy atom. The van der Waals surface area contributed by atoms with Gasteiger partial charge in [-0.2, -0.15) is 18.6 Å². The molecule has 2 aromatic heterocycles. The van der Waals surface area contributed by atoms with E-state index in [1.165, 1.54) is 40.7 Å². The third-order valence-electron chi connectivity index (χ3n) is 4.27. The molecule has 0 saturated carbocycles. The second-order valence-electron chi connectivity index (χ2n) is 6.17. The van der Waals surface area contributed by atoms with E-state index >= 15 is 0 Å². The maximum absolute atomic E-state index is 13.0. The molecule has 4 aromatic rings. The molecular weight excluding hydrogens is 396 g/mol. The molecule has 0 unspecified atom stereocenters. The van der Waals surface area contributed by atoms with Gasteiger partial charge in [0.2, 0.25) is 0 Å². The van der Waals surface area contributed by atoms with E-state index in [1.54, 1.807) is 12.1 Å². The summed E-state index contributed by atoms with van der Waals surface area (Å²) in [5.41, 5.74) is 2.17. The minimum Gasteiger partial charge on any atom is -0.435 e. The summed E-state index contributed by atoms with van der Waals surface area (Å²) >= 11 is 1.47. The first-order valence-electron chi connectivity index (χ1n) is 8.68. The Hall–Kier alpha value is -3.39. The number of hydrogen-bond acceptors (Lipinski definition) is 5. The van der Waals surface area contributed by atoms with E-state index in [9.17, 15) is 13.6 Å². The van der Waals surface area contributed by atoms with Crippen LogP contribution in [0.5, 0.6) is 5.75 Å². The van der Waals surface area contributed by atoms with Crippen LogP contribution in [0.15, 0.2) is 70.8 Å². The first-order valence-corrected chi connectivity index (χ1v) is 9.50. The molecule has 0 N–H and O–H groups in total. The molecule has 2 aromatic carbocycles. The molecule has 0 spiro atoms. The summed E-state index contributed by atoms with van der Waals surface area (Å²) in [5.74, 6) is 0.0543. The second-order valence-corrected chi connectivity index (χ2v) is 7.37. The topological polar surface area (TPSA) is 56.5 Å². The molecule has 5 nitrogen and oxygen atoms in total. The number of halogens is 2. The first kappa shape index (κ1) is 18.9. The molecule has 0 aliphatic carbocycles. The van der Waals surface area contributed by atoms with Gasteiger partial charge in [0, 0.05) is 10.4 Å². The molecule has 0 saturated heterocycles. The summed E-state index contributed by atoms with van der Waals surface area (Å²) in [6.45, 7) is -0.913. The minimum atomic E-state index is -2.88. The maximum atomic E-state index is 13.0. The van der Waals surface area contributed by atoms with Crippen molar-refractivity contribution in [3.63, 3.8) is 0 Å². The monoisotopic (exact) mass is 411 g/mol. The number of thiophene rings is 1. The smallest absolute Gasteiger partial charge is 0.387 e. The predicted molar refractivity (Wildman–Crippen MR) is 110 cm³/mol. The Kier molecular flexibility index (Phi) is 5.18. The van der Waals surface area contributed by atoms with Gasteiger partial charge in [-0.15, -0.1) is 11.3 Å². The Labute approximate surface area is 168 Å². The normalized spacial score (nSPS) is 11.6. The number of aromatic nitrogens is 2. The van der Waals surface area contributed by atoms with Gasteiger partial charge in [-0.25, -0.2) is 4.98 Å². The van der Waals surface area contributed by atoms with Crippen LogP contribution in [0, 0.1) is 6.92 Å². The van der Waals surface area contributed by atoms with Gasteiger partial charge in [-0.05, 0) is 42.3 Å². The number of aryl methyl sites for hydroxylation is 1. The zero-order chi connectivity index (χ0) is 20.4. The van der Waals surface area contributed by atoms with Crippen LogP contribution in [0.1, 0.15) is 10.4 Å². The van der Waals surface area contributed by atoms with Crippen molar-refractivity contribution in [2.45, 2.75) is 13.5 Å². The molecule has 0 radical (unpaired) electrons. The molecular formula is C21H15F2N3O2S. The Morgan fingerprint density at radius 2 is 1.86 bits per heavy atom. The van der Waals surface area contributed by atoms with Gasteiger partial charge < -0.3 is 4.74 Å². The molecule has 8 heteroatoms. The molecule has 0 bridgehead atoms. The fourth-order valence-electron chi connectivity index (χ4n) is 2.99. The standard InChI is InChI=1S/C21H15F2N3O2S/c1-13-17(15-5-3-2-4-6-15)18-19(29-13)24-12-26(20(18)27)25-11-14-7-9-16(10-8-14)28-21(22)23/h2-12,21H,1H3. The summed E-state index contributed by atoms with van der Waals surface area (Å²) in [7, 11) is 0. The summed E-state index contributed by atoms with van der Waals surface area (Å²) < 4.78 is 29.9. The molecule has 0 fully saturated rings. The second kappa shape index (κ2) is 7.92. The number of nitrogens with zero attached hydrogens (tertiary/aromatic N) is 3. The number of hydrogen-bond donors (Lipinski definition) is 0. The lowest BCUT2D eigenvalue weighted by atomic mass is 10.0. The molecule has 0 amide bonds. The van der Waals surface area contributed by atoms with E-state index in [4.69, 9.17) is 0 Å². The fraction of sp³-hybridized carbons (Fsp3) is 0.0952. The van der Waals surface area contributed by atoms with Gasteiger partial charge in [-0.1, -0.05) is 30.3 Å². The third-order valence-corrected chi connectivity index (χ3v) is 5.28. The highest BCUT2D eigenvalue weighted by molar-refractivity contribution is 7.19.